The first-order valence-corrected chi connectivity index (χ1v) is 6.52. The highest BCUT2D eigenvalue weighted by molar-refractivity contribution is 5.92. The minimum Gasteiger partial charge on any atom is -0.326 e. The predicted octanol–water partition coefficient (Wildman–Crippen LogP) is 2.29. The van der Waals surface area contributed by atoms with Crippen molar-refractivity contribution in [3.63, 3.8) is 0 Å². The monoisotopic (exact) mass is 248 g/mol. The molecule has 0 unspecified atom stereocenters. The summed E-state index contributed by atoms with van der Waals surface area (Å²) in [5.74, 6) is 0.0756. The molecule has 1 fully saturated rings. The number of carbonyl (C=O) groups excluding carboxylic acids is 1. The minimum absolute atomic E-state index is 0.0132. The first kappa shape index (κ1) is 13.1. The molecule has 1 saturated heterocycles. The second-order valence-electron chi connectivity index (χ2n) is 4.77. The van der Waals surface area contributed by atoms with Crippen LogP contribution in [0.2, 0.25) is 0 Å². The predicted molar refractivity (Wildman–Crippen MR) is 70.5 cm³/mol. The Bertz CT molecular complexity index is 395. The zero-order chi connectivity index (χ0) is 13.0. The molecule has 1 amide bonds. The van der Waals surface area contributed by atoms with Gasteiger partial charge in [0.15, 0.2) is 0 Å². The lowest BCUT2D eigenvalue weighted by molar-refractivity contribution is -0.132. The molecule has 0 aliphatic carbocycles. The fourth-order valence-corrected chi connectivity index (χ4v) is 2.20. The van der Waals surface area contributed by atoms with E-state index in [2.05, 4.69) is 12.2 Å². The topological polar surface area (TPSA) is 52.6 Å². The molecule has 0 radical (unpaired) electrons. The van der Waals surface area contributed by atoms with Gasteiger partial charge in [-0.15, -0.1) is 0 Å². The number of carbonyl (C=O) groups is 1. The Hall–Kier alpha value is -1.39. The van der Waals surface area contributed by atoms with Crippen LogP contribution in [-0.2, 0) is 11.2 Å². The molecule has 1 aromatic carbocycles. The summed E-state index contributed by atoms with van der Waals surface area (Å²) in [6, 6.07) is 7.95. The van der Waals surface area contributed by atoms with Crippen LogP contribution in [0.5, 0.6) is 0 Å². The van der Waals surface area contributed by atoms with E-state index in [1.54, 1.807) is 0 Å². The molecule has 0 spiro atoms. The Labute approximate surface area is 108 Å². The summed E-state index contributed by atoms with van der Waals surface area (Å²) < 4.78 is 0. The first-order valence-electron chi connectivity index (χ1n) is 6.52. The van der Waals surface area contributed by atoms with Gasteiger partial charge in [-0.3, -0.25) is 4.79 Å². The standard InChI is InChI=1S/C14H20N2O2/c1-2-11-3-5-13(6-4-11)15-14(17)12-7-9-16(18)10-8-12/h3-6,12,18H,2,7-10H2,1H3,(H,15,17). The Balaban J connectivity index is 1.90. The molecule has 0 bridgehead atoms. The number of hydroxylamine groups is 2. The highest BCUT2D eigenvalue weighted by Crippen LogP contribution is 2.18. The quantitative estimate of drug-likeness (QED) is 0.863. The van der Waals surface area contributed by atoms with E-state index in [9.17, 15) is 10.0 Å². The summed E-state index contributed by atoms with van der Waals surface area (Å²) in [5, 5.41) is 13.5. The van der Waals surface area contributed by atoms with Crippen molar-refractivity contribution in [1.29, 1.82) is 0 Å². The van der Waals surface area contributed by atoms with Crippen LogP contribution in [0.3, 0.4) is 0 Å². The van der Waals surface area contributed by atoms with Crippen LogP contribution in [0.25, 0.3) is 0 Å². The largest absolute Gasteiger partial charge is 0.326 e. The molecule has 0 atom stereocenters. The van der Waals surface area contributed by atoms with Gasteiger partial charge in [-0.2, -0.15) is 5.06 Å². The number of amides is 1. The van der Waals surface area contributed by atoms with E-state index >= 15 is 0 Å². The summed E-state index contributed by atoms with van der Waals surface area (Å²) in [5.41, 5.74) is 2.12. The lowest BCUT2D eigenvalue weighted by atomic mass is 9.97. The summed E-state index contributed by atoms with van der Waals surface area (Å²) >= 11 is 0. The molecule has 1 aliphatic heterocycles. The normalized spacial score (nSPS) is 17.7. The van der Waals surface area contributed by atoms with E-state index in [0.29, 0.717) is 13.1 Å². The highest BCUT2D eigenvalue weighted by Gasteiger charge is 2.24. The van der Waals surface area contributed by atoms with Crippen LogP contribution in [0, 0.1) is 5.92 Å². The molecule has 4 heteroatoms. The summed E-state index contributed by atoms with van der Waals surface area (Å²) in [7, 11) is 0. The molecular weight excluding hydrogens is 228 g/mol. The van der Waals surface area contributed by atoms with E-state index in [1.807, 2.05) is 24.3 Å². The Kier molecular flexibility index (Phi) is 4.33. The Morgan fingerprint density at radius 1 is 1.33 bits per heavy atom. The highest BCUT2D eigenvalue weighted by atomic mass is 16.5. The smallest absolute Gasteiger partial charge is 0.227 e. The number of rotatable bonds is 3. The van der Waals surface area contributed by atoms with Gasteiger partial charge in [0.1, 0.15) is 0 Å². The molecule has 4 nitrogen and oxygen atoms in total. The molecule has 2 N–H and O–H groups in total. The molecule has 1 heterocycles. The Morgan fingerprint density at radius 2 is 1.94 bits per heavy atom. The fraction of sp³-hybridized carbons (Fsp3) is 0.500. The third-order valence-corrected chi connectivity index (χ3v) is 3.47. The number of benzene rings is 1. The number of nitrogens with one attached hydrogen (secondary N) is 1. The molecule has 98 valence electrons. The van der Waals surface area contributed by atoms with E-state index in [4.69, 9.17) is 0 Å². The Morgan fingerprint density at radius 3 is 2.50 bits per heavy atom. The maximum Gasteiger partial charge on any atom is 0.227 e. The maximum atomic E-state index is 12.0. The van der Waals surface area contributed by atoms with Crippen LogP contribution >= 0.6 is 0 Å². The molecule has 1 aromatic rings. The van der Waals surface area contributed by atoms with Gasteiger partial charge >= 0.3 is 0 Å². The molecule has 0 saturated carbocycles. The van der Waals surface area contributed by atoms with Gasteiger partial charge in [0, 0.05) is 24.7 Å². The van der Waals surface area contributed by atoms with Crippen molar-refractivity contribution < 1.29 is 10.0 Å². The van der Waals surface area contributed by atoms with Crippen molar-refractivity contribution >= 4 is 11.6 Å². The van der Waals surface area contributed by atoms with Gasteiger partial charge in [0.2, 0.25) is 5.91 Å². The number of aryl methyl sites for hydroxylation is 1. The number of hydrogen-bond acceptors (Lipinski definition) is 3. The summed E-state index contributed by atoms with van der Waals surface area (Å²) in [6.45, 7) is 3.26. The minimum atomic E-state index is 0.0132. The summed E-state index contributed by atoms with van der Waals surface area (Å²) in [4.78, 5) is 12.0. The number of nitrogens with zero attached hydrogens (tertiary/aromatic N) is 1. The molecule has 2 rings (SSSR count). The zero-order valence-electron chi connectivity index (χ0n) is 10.7. The van der Waals surface area contributed by atoms with Gasteiger partial charge in [-0.1, -0.05) is 19.1 Å². The van der Waals surface area contributed by atoms with E-state index in [1.165, 1.54) is 10.6 Å². The third kappa shape index (κ3) is 3.31. The van der Waals surface area contributed by atoms with Crippen LogP contribution in [-0.4, -0.2) is 29.3 Å². The lowest BCUT2D eigenvalue weighted by Gasteiger charge is -2.26. The van der Waals surface area contributed by atoms with E-state index in [0.717, 1.165) is 24.9 Å². The zero-order valence-corrected chi connectivity index (χ0v) is 10.7. The van der Waals surface area contributed by atoms with Crippen molar-refractivity contribution in [2.75, 3.05) is 18.4 Å². The summed E-state index contributed by atoms with van der Waals surface area (Å²) in [6.07, 6.45) is 2.44. The molecule has 1 aliphatic rings. The van der Waals surface area contributed by atoms with Crippen molar-refractivity contribution in [3.8, 4) is 0 Å². The van der Waals surface area contributed by atoms with Gasteiger partial charge in [0.25, 0.3) is 0 Å². The van der Waals surface area contributed by atoms with Crippen LogP contribution in [0.4, 0.5) is 5.69 Å². The van der Waals surface area contributed by atoms with Crippen molar-refractivity contribution in [2.45, 2.75) is 26.2 Å². The lowest BCUT2D eigenvalue weighted by Crippen LogP contribution is -2.36. The van der Waals surface area contributed by atoms with Gasteiger partial charge in [-0.05, 0) is 37.0 Å². The van der Waals surface area contributed by atoms with Gasteiger partial charge in [0.05, 0.1) is 0 Å². The number of hydrogen-bond donors (Lipinski definition) is 2. The van der Waals surface area contributed by atoms with Gasteiger partial charge < -0.3 is 10.5 Å². The van der Waals surface area contributed by atoms with Crippen LogP contribution in [0.1, 0.15) is 25.3 Å². The van der Waals surface area contributed by atoms with Crippen LogP contribution < -0.4 is 5.32 Å². The van der Waals surface area contributed by atoms with Gasteiger partial charge in [-0.25, -0.2) is 0 Å². The van der Waals surface area contributed by atoms with Crippen molar-refractivity contribution in [3.05, 3.63) is 29.8 Å². The average molecular weight is 248 g/mol. The van der Waals surface area contributed by atoms with E-state index < -0.39 is 0 Å². The number of piperidine rings is 1. The van der Waals surface area contributed by atoms with Crippen LogP contribution in [0.15, 0.2) is 24.3 Å². The maximum absolute atomic E-state index is 12.0. The number of anilines is 1. The third-order valence-electron chi connectivity index (χ3n) is 3.47. The molecule has 18 heavy (non-hydrogen) atoms. The SMILES string of the molecule is CCc1ccc(NC(=O)C2CCN(O)CC2)cc1. The van der Waals surface area contributed by atoms with Crippen molar-refractivity contribution in [1.82, 2.24) is 5.06 Å². The fourth-order valence-electron chi connectivity index (χ4n) is 2.20. The second-order valence-corrected chi connectivity index (χ2v) is 4.77. The molecule has 0 aromatic heterocycles. The second kappa shape index (κ2) is 5.98. The molecular formula is C14H20N2O2. The van der Waals surface area contributed by atoms with E-state index in [-0.39, 0.29) is 11.8 Å². The first-order chi connectivity index (χ1) is 8.69. The average Bonchev–Trinajstić information content (AvgIpc) is 2.40. The van der Waals surface area contributed by atoms with Crippen molar-refractivity contribution in [2.24, 2.45) is 5.92 Å².